The Bertz CT molecular complexity index is 828. The molecule has 100 valence electrons. The topological polar surface area (TPSA) is 80.9 Å². The van der Waals surface area contributed by atoms with E-state index < -0.39 is 5.97 Å². The van der Waals surface area contributed by atoms with E-state index >= 15 is 0 Å². The maximum absolute atomic E-state index is 11.1. The fourth-order valence-corrected chi connectivity index (χ4v) is 2.29. The average Bonchev–Trinajstić information content (AvgIpc) is 2.79. The molecule has 0 bridgehead atoms. The largest absolute Gasteiger partial charge is 0.478 e. The summed E-state index contributed by atoms with van der Waals surface area (Å²) in [6.07, 6.45) is 4.79. The Hall–Kier alpha value is -2.28. The first kappa shape index (κ1) is 12.7. The molecule has 0 unspecified atom stereocenters. The molecule has 0 radical (unpaired) electrons. The van der Waals surface area contributed by atoms with Crippen LogP contribution in [0.2, 0.25) is 0 Å². The van der Waals surface area contributed by atoms with Crippen LogP contribution in [0, 0.1) is 6.92 Å². The van der Waals surface area contributed by atoms with Gasteiger partial charge in [-0.1, -0.05) is 0 Å². The monoisotopic (exact) mass is 332 g/mol. The van der Waals surface area contributed by atoms with Crippen LogP contribution in [-0.2, 0) is 0 Å². The van der Waals surface area contributed by atoms with Crippen LogP contribution in [0.15, 0.2) is 35.2 Å². The molecule has 0 aromatic carbocycles. The molecule has 0 saturated heterocycles. The van der Waals surface area contributed by atoms with Crippen LogP contribution in [-0.4, -0.2) is 30.8 Å². The number of fused-ring (bicyclic) bond motifs is 1. The van der Waals surface area contributed by atoms with Crippen molar-refractivity contribution in [1.29, 1.82) is 0 Å². The Labute approximate surface area is 122 Å². The van der Waals surface area contributed by atoms with Gasteiger partial charge in [0.1, 0.15) is 11.1 Å². The number of aromatic carboxylic acids is 1. The lowest BCUT2D eigenvalue weighted by Gasteiger charge is -2.05. The number of hydrogen-bond donors (Lipinski definition) is 1. The average molecular weight is 333 g/mol. The van der Waals surface area contributed by atoms with Crippen molar-refractivity contribution in [3.63, 3.8) is 0 Å². The normalized spacial score (nSPS) is 10.9. The second-order valence-corrected chi connectivity index (χ2v) is 5.14. The second kappa shape index (κ2) is 4.68. The summed E-state index contributed by atoms with van der Waals surface area (Å²) in [5.41, 5.74) is 2.70. The van der Waals surface area contributed by atoms with E-state index in [0.717, 1.165) is 4.47 Å². The van der Waals surface area contributed by atoms with Crippen molar-refractivity contribution in [2.24, 2.45) is 0 Å². The zero-order valence-corrected chi connectivity index (χ0v) is 12.0. The van der Waals surface area contributed by atoms with Crippen molar-refractivity contribution in [1.82, 2.24) is 19.7 Å². The smallest absolute Gasteiger partial charge is 0.339 e. The highest BCUT2D eigenvalue weighted by Crippen LogP contribution is 2.21. The molecule has 0 aliphatic heterocycles. The highest BCUT2D eigenvalue weighted by molar-refractivity contribution is 9.10. The molecule has 7 heteroatoms. The lowest BCUT2D eigenvalue weighted by atomic mass is 10.2. The fraction of sp³-hybridized carbons (Fsp3) is 0.0769. The minimum Gasteiger partial charge on any atom is -0.478 e. The molecule has 20 heavy (non-hydrogen) atoms. The van der Waals surface area contributed by atoms with Gasteiger partial charge in [-0.3, -0.25) is 9.97 Å². The van der Waals surface area contributed by atoms with E-state index in [1.807, 2.05) is 6.07 Å². The minimum absolute atomic E-state index is 0.173. The summed E-state index contributed by atoms with van der Waals surface area (Å²) >= 11 is 3.35. The first-order chi connectivity index (χ1) is 9.56. The van der Waals surface area contributed by atoms with Crippen LogP contribution < -0.4 is 0 Å². The van der Waals surface area contributed by atoms with Gasteiger partial charge in [-0.25, -0.2) is 9.48 Å². The number of carboxylic acids is 1. The predicted octanol–water partition coefficient (Wildman–Crippen LogP) is 2.58. The number of rotatable bonds is 2. The molecule has 3 aromatic rings. The molecular formula is C13H9BrN4O2. The number of carbonyl (C=O) groups is 1. The van der Waals surface area contributed by atoms with Crippen LogP contribution >= 0.6 is 15.9 Å². The quantitative estimate of drug-likeness (QED) is 0.780. The van der Waals surface area contributed by atoms with Gasteiger partial charge >= 0.3 is 5.97 Å². The molecular weight excluding hydrogens is 324 g/mol. The van der Waals surface area contributed by atoms with E-state index in [1.54, 1.807) is 25.4 Å². The summed E-state index contributed by atoms with van der Waals surface area (Å²) in [7, 11) is 0. The Morgan fingerprint density at radius 2 is 2.20 bits per heavy atom. The van der Waals surface area contributed by atoms with E-state index in [9.17, 15) is 4.79 Å². The van der Waals surface area contributed by atoms with Gasteiger partial charge in [-0.2, -0.15) is 5.10 Å². The van der Waals surface area contributed by atoms with E-state index in [1.165, 1.54) is 10.9 Å². The predicted molar refractivity (Wildman–Crippen MR) is 76.1 cm³/mol. The highest BCUT2D eigenvalue weighted by atomic mass is 79.9. The third-order valence-electron chi connectivity index (χ3n) is 2.90. The number of pyridine rings is 2. The van der Waals surface area contributed by atoms with E-state index in [4.69, 9.17) is 5.11 Å². The van der Waals surface area contributed by atoms with E-state index in [2.05, 4.69) is 31.0 Å². The van der Waals surface area contributed by atoms with Crippen LogP contribution in [0.1, 0.15) is 16.1 Å². The van der Waals surface area contributed by atoms with E-state index in [0.29, 0.717) is 22.4 Å². The zero-order valence-electron chi connectivity index (χ0n) is 10.4. The van der Waals surface area contributed by atoms with Gasteiger partial charge in [-0.15, -0.1) is 0 Å². The fourth-order valence-electron chi connectivity index (χ4n) is 1.97. The summed E-state index contributed by atoms with van der Waals surface area (Å²) in [4.78, 5) is 19.7. The number of nitrogens with zero attached hydrogens (tertiary/aromatic N) is 4. The van der Waals surface area contributed by atoms with Crippen molar-refractivity contribution in [2.75, 3.05) is 0 Å². The minimum atomic E-state index is -0.997. The first-order valence-electron chi connectivity index (χ1n) is 5.76. The van der Waals surface area contributed by atoms with Gasteiger partial charge in [0.2, 0.25) is 0 Å². The third-order valence-corrected chi connectivity index (χ3v) is 3.33. The lowest BCUT2D eigenvalue weighted by molar-refractivity contribution is 0.0696. The number of carboxylic acid groups (broad SMARTS) is 1. The van der Waals surface area contributed by atoms with Gasteiger partial charge in [0, 0.05) is 23.1 Å². The molecule has 0 atom stereocenters. The SMILES string of the molecule is Cc1nn(-c2ccnc3cc(Br)cnc23)cc1C(=O)O. The third kappa shape index (κ3) is 2.05. The number of halogens is 1. The van der Waals surface area contributed by atoms with Crippen molar-refractivity contribution >= 4 is 32.9 Å². The van der Waals surface area contributed by atoms with Gasteiger partial charge in [-0.05, 0) is 35.0 Å². The maximum Gasteiger partial charge on any atom is 0.339 e. The summed E-state index contributed by atoms with van der Waals surface area (Å²) in [6.45, 7) is 1.66. The molecule has 3 aromatic heterocycles. The Morgan fingerprint density at radius 1 is 1.40 bits per heavy atom. The lowest BCUT2D eigenvalue weighted by Crippen LogP contribution is -1.98. The Kier molecular flexibility index (Phi) is 2.98. The van der Waals surface area contributed by atoms with Crippen LogP contribution in [0.4, 0.5) is 0 Å². The van der Waals surface area contributed by atoms with Crippen LogP contribution in [0.3, 0.4) is 0 Å². The van der Waals surface area contributed by atoms with Crippen molar-refractivity contribution in [3.8, 4) is 5.69 Å². The van der Waals surface area contributed by atoms with Crippen molar-refractivity contribution < 1.29 is 9.90 Å². The number of aryl methyl sites for hydroxylation is 1. The van der Waals surface area contributed by atoms with Gasteiger partial charge in [0.15, 0.2) is 0 Å². The number of hydrogen-bond acceptors (Lipinski definition) is 4. The summed E-state index contributed by atoms with van der Waals surface area (Å²) in [5, 5.41) is 13.3. The molecule has 6 nitrogen and oxygen atoms in total. The van der Waals surface area contributed by atoms with Gasteiger partial charge in [0.25, 0.3) is 0 Å². The van der Waals surface area contributed by atoms with Crippen LogP contribution in [0.5, 0.6) is 0 Å². The van der Waals surface area contributed by atoms with E-state index in [-0.39, 0.29) is 5.56 Å². The summed E-state index contributed by atoms with van der Waals surface area (Å²) in [6, 6.07) is 3.60. The van der Waals surface area contributed by atoms with Gasteiger partial charge in [0.05, 0.1) is 16.9 Å². The van der Waals surface area contributed by atoms with Gasteiger partial charge < -0.3 is 5.11 Å². The highest BCUT2D eigenvalue weighted by Gasteiger charge is 2.14. The van der Waals surface area contributed by atoms with Crippen molar-refractivity contribution in [3.05, 3.63) is 46.5 Å². The summed E-state index contributed by atoms with van der Waals surface area (Å²) in [5.74, 6) is -0.997. The first-order valence-corrected chi connectivity index (χ1v) is 6.56. The molecule has 1 N–H and O–H groups in total. The molecule has 0 amide bonds. The molecule has 3 rings (SSSR count). The molecule has 0 aliphatic carbocycles. The summed E-state index contributed by atoms with van der Waals surface area (Å²) < 4.78 is 2.35. The Balaban J connectivity index is 2.24. The molecule has 0 aliphatic rings. The van der Waals surface area contributed by atoms with Crippen molar-refractivity contribution in [2.45, 2.75) is 6.92 Å². The molecule has 0 spiro atoms. The standard InChI is InChI=1S/C13H9BrN4O2/c1-7-9(13(19)20)6-18(17-7)11-2-3-15-10-4-8(14)5-16-12(10)11/h2-6H,1H3,(H,19,20). The second-order valence-electron chi connectivity index (χ2n) is 4.23. The zero-order chi connectivity index (χ0) is 14.3. The maximum atomic E-state index is 11.1. The molecule has 0 fully saturated rings. The Morgan fingerprint density at radius 3 is 2.90 bits per heavy atom. The van der Waals surface area contributed by atoms with Crippen LogP contribution in [0.25, 0.3) is 16.7 Å². The molecule has 3 heterocycles. The molecule has 0 saturated carbocycles. The number of aromatic nitrogens is 4.